The van der Waals surface area contributed by atoms with Crippen LogP contribution in [0.1, 0.15) is 70.3 Å². The van der Waals surface area contributed by atoms with Crippen LogP contribution in [0.3, 0.4) is 0 Å². The van der Waals surface area contributed by atoms with Crippen molar-refractivity contribution in [1.82, 2.24) is 0 Å². The van der Waals surface area contributed by atoms with Gasteiger partial charge in [0.15, 0.2) is 0 Å². The van der Waals surface area contributed by atoms with Gasteiger partial charge >= 0.3 is 0 Å². The van der Waals surface area contributed by atoms with Gasteiger partial charge in [0.2, 0.25) is 0 Å². The molecule has 1 aromatic carbocycles. The first-order valence-electron chi connectivity index (χ1n) is 7.37. The molecule has 0 fully saturated rings. The molecule has 0 aliphatic rings. The Hall–Kier alpha value is -1.11. The Bertz CT molecular complexity index is 329. The lowest BCUT2D eigenvalue weighted by atomic mass is 9.87. The highest BCUT2D eigenvalue weighted by Gasteiger charge is 2.18. The van der Waals surface area contributed by atoms with Crippen LogP contribution in [0.25, 0.3) is 0 Å². The highest BCUT2D eigenvalue weighted by Crippen LogP contribution is 2.25. The lowest BCUT2D eigenvalue weighted by Gasteiger charge is -2.16. The first-order valence-corrected chi connectivity index (χ1v) is 7.37. The van der Waals surface area contributed by atoms with Gasteiger partial charge in [-0.2, -0.15) is 0 Å². The monoisotopic (exact) mass is 246 g/mol. The van der Waals surface area contributed by atoms with E-state index < -0.39 is 0 Å². The summed E-state index contributed by atoms with van der Waals surface area (Å²) in [5, 5.41) is 0. The number of rotatable bonds is 9. The third-order valence-electron chi connectivity index (χ3n) is 3.46. The number of ketones is 1. The Morgan fingerprint density at radius 1 is 1.00 bits per heavy atom. The maximum atomic E-state index is 12.3. The fourth-order valence-electron chi connectivity index (χ4n) is 2.33. The number of carbonyl (C=O) groups is 1. The van der Waals surface area contributed by atoms with E-state index in [0.717, 1.165) is 32.1 Å². The van der Waals surface area contributed by atoms with E-state index in [9.17, 15) is 4.79 Å². The van der Waals surface area contributed by atoms with Crippen molar-refractivity contribution >= 4 is 5.78 Å². The summed E-state index contributed by atoms with van der Waals surface area (Å²) in [5.74, 6) is 0.561. The molecule has 0 amide bonds. The van der Waals surface area contributed by atoms with Crippen LogP contribution in [0.2, 0.25) is 0 Å². The molecule has 0 saturated carbocycles. The average Bonchev–Trinajstić information content (AvgIpc) is 2.41. The first kappa shape index (κ1) is 14.9. The van der Waals surface area contributed by atoms with Gasteiger partial charge in [0.25, 0.3) is 0 Å². The third kappa shape index (κ3) is 5.03. The van der Waals surface area contributed by atoms with E-state index >= 15 is 0 Å². The van der Waals surface area contributed by atoms with Gasteiger partial charge < -0.3 is 0 Å². The fourth-order valence-corrected chi connectivity index (χ4v) is 2.33. The van der Waals surface area contributed by atoms with Crippen LogP contribution in [0, 0.1) is 0 Å². The molecule has 1 atom stereocenters. The second kappa shape index (κ2) is 8.91. The lowest BCUT2D eigenvalue weighted by Crippen LogP contribution is -2.12. The van der Waals surface area contributed by atoms with E-state index in [-0.39, 0.29) is 5.92 Å². The van der Waals surface area contributed by atoms with Gasteiger partial charge in [0.05, 0.1) is 0 Å². The first-order chi connectivity index (χ1) is 8.79. The van der Waals surface area contributed by atoms with Crippen LogP contribution in [0.5, 0.6) is 0 Å². The molecular weight excluding hydrogens is 220 g/mol. The van der Waals surface area contributed by atoms with Crippen LogP contribution >= 0.6 is 0 Å². The van der Waals surface area contributed by atoms with Crippen molar-refractivity contribution in [3.8, 4) is 0 Å². The highest BCUT2D eigenvalue weighted by atomic mass is 16.1. The molecule has 0 bridgehead atoms. The highest BCUT2D eigenvalue weighted by molar-refractivity contribution is 5.85. The Balaban J connectivity index is 2.63. The second-order valence-corrected chi connectivity index (χ2v) is 5.03. The Morgan fingerprint density at radius 2 is 1.67 bits per heavy atom. The zero-order chi connectivity index (χ0) is 13.2. The van der Waals surface area contributed by atoms with Crippen LogP contribution in [0.4, 0.5) is 0 Å². The Labute approximate surface area is 112 Å². The van der Waals surface area contributed by atoms with Crippen LogP contribution in [-0.4, -0.2) is 5.78 Å². The molecule has 1 nitrogen and oxygen atoms in total. The predicted octanol–water partition coefficient (Wildman–Crippen LogP) is 5.11. The minimum atomic E-state index is 0.128. The van der Waals surface area contributed by atoms with Gasteiger partial charge in [-0.1, -0.05) is 69.9 Å². The van der Waals surface area contributed by atoms with Crippen LogP contribution in [0.15, 0.2) is 30.3 Å². The molecule has 18 heavy (non-hydrogen) atoms. The minimum absolute atomic E-state index is 0.128. The molecule has 0 unspecified atom stereocenters. The van der Waals surface area contributed by atoms with Crippen LogP contribution in [-0.2, 0) is 4.79 Å². The van der Waals surface area contributed by atoms with E-state index in [1.807, 2.05) is 18.2 Å². The lowest BCUT2D eigenvalue weighted by molar-refractivity contribution is -0.120. The van der Waals surface area contributed by atoms with Crippen molar-refractivity contribution in [2.24, 2.45) is 0 Å². The fraction of sp³-hybridized carbons (Fsp3) is 0.588. The van der Waals surface area contributed by atoms with Gasteiger partial charge in [-0.05, 0) is 18.4 Å². The molecule has 0 aliphatic heterocycles. The van der Waals surface area contributed by atoms with Crippen molar-refractivity contribution in [1.29, 1.82) is 0 Å². The van der Waals surface area contributed by atoms with Crippen molar-refractivity contribution < 1.29 is 4.79 Å². The maximum absolute atomic E-state index is 12.3. The van der Waals surface area contributed by atoms with Gasteiger partial charge in [0, 0.05) is 12.3 Å². The van der Waals surface area contributed by atoms with Gasteiger partial charge in [-0.15, -0.1) is 0 Å². The molecule has 0 N–H and O–H groups in total. The number of hydrogen-bond donors (Lipinski definition) is 0. The summed E-state index contributed by atoms with van der Waals surface area (Å²) in [6.45, 7) is 4.36. The summed E-state index contributed by atoms with van der Waals surface area (Å²) in [5.41, 5.74) is 1.20. The smallest absolute Gasteiger partial charge is 0.140 e. The van der Waals surface area contributed by atoms with E-state index in [1.165, 1.54) is 18.4 Å². The summed E-state index contributed by atoms with van der Waals surface area (Å²) < 4.78 is 0. The zero-order valence-corrected chi connectivity index (χ0v) is 11.8. The SMILES string of the molecule is CCCCCC(=O)[C@@H](CCCC)c1ccccc1. The quantitative estimate of drug-likeness (QED) is 0.553. The van der Waals surface area contributed by atoms with Gasteiger partial charge in [-0.3, -0.25) is 4.79 Å². The van der Waals surface area contributed by atoms with E-state index in [2.05, 4.69) is 26.0 Å². The number of carbonyl (C=O) groups excluding carboxylic acids is 1. The summed E-state index contributed by atoms with van der Waals surface area (Å²) in [6.07, 6.45) is 7.44. The van der Waals surface area contributed by atoms with E-state index in [4.69, 9.17) is 0 Å². The average molecular weight is 246 g/mol. The Morgan fingerprint density at radius 3 is 2.28 bits per heavy atom. The predicted molar refractivity (Wildman–Crippen MR) is 77.9 cm³/mol. The van der Waals surface area contributed by atoms with Crippen molar-refractivity contribution in [3.63, 3.8) is 0 Å². The molecule has 100 valence electrons. The number of hydrogen-bond acceptors (Lipinski definition) is 1. The Kier molecular flexibility index (Phi) is 7.40. The largest absolute Gasteiger partial charge is 0.299 e. The second-order valence-electron chi connectivity index (χ2n) is 5.03. The number of Topliss-reactive ketones (excluding diaryl/α,β-unsaturated/α-hetero) is 1. The number of unbranched alkanes of at least 4 members (excludes halogenated alkanes) is 3. The molecule has 0 aliphatic carbocycles. The summed E-state index contributed by atoms with van der Waals surface area (Å²) >= 11 is 0. The maximum Gasteiger partial charge on any atom is 0.140 e. The van der Waals surface area contributed by atoms with Crippen LogP contribution < -0.4 is 0 Å². The molecule has 1 rings (SSSR count). The molecule has 0 aromatic heterocycles. The summed E-state index contributed by atoms with van der Waals surface area (Å²) in [7, 11) is 0. The zero-order valence-electron chi connectivity index (χ0n) is 11.8. The molecule has 1 heteroatoms. The van der Waals surface area contributed by atoms with E-state index in [1.54, 1.807) is 0 Å². The van der Waals surface area contributed by atoms with Gasteiger partial charge in [-0.25, -0.2) is 0 Å². The van der Waals surface area contributed by atoms with Gasteiger partial charge in [0.1, 0.15) is 5.78 Å². The topological polar surface area (TPSA) is 17.1 Å². The normalized spacial score (nSPS) is 12.3. The van der Waals surface area contributed by atoms with Crippen molar-refractivity contribution in [2.45, 2.75) is 64.7 Å². The standard InChI is InChI=1S/C17H26O/c1-3-5-8-14-17(18)16(13-6-4-2)15-11-9-7-10-12-15/h7,9-12,16H,3-6,8,13-14H2,1-2H3/t16-/m0/s1. The number of benzene rings is 1. The third-order valence-corrected chi connectivity index (χ3v) is 3.46. The van der Waals surface area contributed by atoms with E-state index in [0.29, 0.717) is 5.78 Å². The van der Waals surface area contributed by atoms with Crippen molar-refractivity contribution in [3.05, 3.63) is 35.9 Å². The molecule has 0 heterocycles. The summed E-state index contributed by atoms with van der Waals surface area (Å²) in [6, 6.07) is 10.3. The van der Waals surface area contributed by atoms with Crippen molar-refractivity contribution in [2.75, 3.05) is 0 Å². The molecule has 0 spiro atoms. The minimum Gasteiger partial charge on any atom is -0.299 e. The molecule has 1 aromatic rings. The molecular formula is C17H26O. The molecule has 0 radical (unpaired) electrons. The molecule has 0 saturated heterocycles. The summed E-state index contributed by atoms with van der Waals surface area (Å²) in [4.78, 5) is 12.3.